The normalized spacial score (nSPS) is 12.5. The van der Waals surface area contributed by atoms with E-state index in [1.165, 1.54) is 6.07 Å². The van der Waals surface area contributed by atoms with Crippen LogP contribution in [0.2, 0.25) is 5.02 Å². The van der Waals surface area contributed by atoms with Gasteiger partial charge in [-0.1, -0.05) is 17.7 Å². The molecule has 6 heteroatoms. The second-order valence-electron chi connectivity index (χ2n) is 2.62. The molecule has 1 rings (SSSR count). The summed E-state index contributed by atoms with van der Waals surface area (Å²) in [5.74, 6) is -3.25. The zero-order valence-electron chi connectivity index (χ0n) is 6.87. The van der Waals surface area contributed by atoms with Crippen LogP contribution in [0.25, 0.3) is 0 Å². The summed E-state index contributed by atoms with van der Waals surface area (Å²) in [5.41, 5.74) is 4.98. The lowest BCUT2D eigenvalue weighted by Crippen LogP contribution is -2.20. The minimum atomic E-state index is -1.47. The Morgan fingerprint density at radius 2 is 2.14 bits per heavy atom. The van der Waals surface area contributed by atoms with Crippen LogP contribution >= 0.6 is 11.6 Å². The average molecular weight is 220 g/mol. The fourth-order valence-corrected chi connectivity index (χ4v) is 1.09. The van der Waals surface area contributed by atoms with Crippen LogP contribution in [0.3, 0.4) is 0 Å². The number of halogens is 2. The molecule has 0 aliphatic rings. The smallest absolute Gasteiger partial charge is 0.325 e. The molecule has 76 valence electrons. The Morgan fingerprint density at radius 3 is 2.64 bits per heavy atom. The molecule has 1 atom stereocenters. The molecule has 0 aliphatic heterocycles. The number of hydrogen-bond acceptors (Lipinski definition) is 3. The van der Waals surface area contributed by atoms with E-state index in [4.69, 9.17) is 22.4 Å². The van der Waals surface area contributed by atoms with Crippen LogP contribution in [0, 0.1) is 5.82 Å². The van der Waals surface area contributed by atoms with Crippen molar-refractivity contribution in [3.8, 4) is 5.75 Å². The SMILES string of the molecule is N[C@@H](C(=O)O)c1ccc(Cl)c(F)c1O. The number of carboxylic acid groups (broad SMARTS) is 1. The van der Waals surface area contributed by atoms with Crippen molar-refractivity contribution in [1.82, 2.24) is 0 Å². The van der Waals surface area contributed by atoms with Crippen molar-refractivity contribution >= 4 is 17.6 Å². The van der Waals surface area contributed by atoms with E-state index in [9.17, 15) is 14.3 Å². The molecule has 4 N–H and O–H groups in total. The molecule has 0 aromatic heterocycles. The first-order valence-corrected chi connectivity index (χ1v) is 3.98. The van der Waals surface area contributed by atoms with E-state index >= 15 is 0 Å². The highest BCUT2D eigenvalue weighted by atomic mass is 35.5. The number of nitrogens with two attached hydrogens (primary N) is 1. The van der Waals surface area contributed by atoms with E-state index in [-0.39, 0.29) is 10.6 Å². The van der Waals surface area contributed by atoms with Crippen LogP contribution in [0.4, 0.5) is 4.39 Å². The van der Waals surface area contributed by atoms with Crippen molar-refractivity contribution in [3.05, 3.63) is 28.5 Å². The zero-order valence-corrected chi connectivity index (χ0v) is 7.62. The van der Waals surface area contributed by atoms with Gasteiger partial charge in [0.15, 0.2) is 11.6 Å². The lowest BCUT2D eigenvalue weighted by molar-refractivity contribution is -0.138. The van der Waals surface area contributed by atoms with Gasteiger partial charge in [-0.3, -0.25) is 4.79 Å². The maximum atomic E-state index is 13.0. The number of rotatable bonds is 2. The highest BCUT2D eigenvalue weighted by Gasteiger charge is 2.21. The number of phenols is 1. The Balaban J connectivity index is 3.24. The molecule has 0 saturated carbocycles. The first-order chi connectivity index (χ1) is 6.45. The molecular formula is C8H7ClFNO3. The van der Waals surface area contributed by atoms with Gasteiger partial charge < -0.3 is 15.9 Å². The van der Waals surface area contributed by atoms with Crippen molar-refractivity contribution in [1.29, 1.82) is 0 Å². The number of hydrogen-bond donors (Lipinski definition) is 3. The summed E-state index contributed by atoms with van der Waals surface area (Å²) in [5, 5.41) is 17.4. The number of aliphatic carboxylic acids is 1. The number of carbonyl (C=O) groups is 1. The predicted molar refractivity (Wildman–Crippen MR) is 47.6 cm³/mol. The highest BCUT2D eigenvalue weighted by Crippen LogP contribution is 2.30. The van der Waals surface area contributed by atoms with E-state index in [2.05, 4.69) is 0 Å². The number of benzene rings is 1. The van der Waals surface area contributed by atoms with Gasteiger partial charge in [-0.15, -0.1) is 0 Å². The molecule has 0 saturated heterocycles. The number of phenolic OH excluding ortho intramolecular Hbond substituents is 1. The molecular weight excluding hydrogens is 213 g/mol. The third kappa shape index (κ3) is 1.78. The van der Waals surface area contributed by atoms with Crippen molar-refractivity contribution < 1.29 is 19.4 Å². The van der Waals surface area contributed by atoms with Crippen LogP contribution in [-0.4, -0.2) is 16.2 Å². The summed E-state index contributed by atoms with van der Waals surface area (Å²) in [4.78, 5) is 10.5. The molecule has 0 bridgehead atoms. The van der Waals surface area contributed by atoms with Gasteiger partial charge in [-0.05, 0) is 6.07 Å². The first kappa shape index (κ1) is 10.7. The zero-order chi connectivity index (χ0) is 10.9. The van der Waals surface area contributed by atoms with Gasteiger partial charge in [0, 0.05) is 5.56 Å². The van der Waals surface area contributed by atoms with Gasteiger partial charge >= 0.3 is 5.97 Å². The van der Waals surface area contributed by atoms with E-state index in [0.717, 1.165) is 6.07 Å². The van der Waals surface area contributed by atoms with Crippen molar-refractivity contribution in [2.24, 2.45) is 5.73 Å². The maximum Gasteiger partial charge on any atom is 0.325 e. The second-order valence-corrected chi connectivity index (χ2v) is 3.02. The molecule has 0 radical (unpaired) electrons. The van der Waals surface area contributed by atoms with Crippen molar-refractivity contribution in [3.63, 3.8) is 0 Å². The quantitative estimate of drug-likeness (QED) is 0.699. The van der Waals surface area contributed by atoms with Crippen molar-refractivity contribution in [2.45, 2.75) is 6.04 Å². The van der Waals surface area contributed by atoms with E-state index in [1.54, 1.807) is 0 Å². The van der Waals surface area contributed by atoms with Gasteiger partial charge in [0.05, 0.1) is 5.02 Å². The largest absolute Gasteiger partial charge is 0.505 e. The fraction of sp³-hybridized carbons (Fsp3) is 0.125. The molecule has 0 heterocycles. The topological polar surface area (TPSA) is 83.6 Å². The number of aromatic hydroxyl groups is 1. The van der Waals surface area contributed by atoms with Gasteiger partial charge in [0.2, 0.25) is 0 Å². The van der Waals surface area contributed by atoms with Crippen LogP contribution in [-0.2, 0) is 4.79 Å². The van der Waals surface area contributed by atoms with Gasteiger partial charge in [0.25, 0.3) is 0 Å². The predicted octanol–water partition coefficient (Wildman–Crippen LogP) is 1.27. The van der Waals surface area contributed by atoms with Crippen LogP contribution in [0.15, 0.2) is 12.1 Å². The summed E-state index contributed by atoms with van der Waals surface area (Å²) in [6, 6.07) is 0.829. The Labute approximate surface area is 83.7 Å². The minimum absolute atomic E-state index is 0.209. The first-order valence-electron chi connectivity index (χ1n) is 3.60. The summed E-state index contributed by atoms with van der Waals surface area (Å²) in [7, 11) is 0. The Bertz CT molecular complexity index is 383. The monoisotopic (exact) mass is 219 g/mol. The van der Waals surface area contributed by atoms with Gasteiger partial charge in [-0.25, -0.2) is 4.39 Å². The molecule has 0 amide bonds. The van der Waals surface area contributed by atoms with Crippen LogP contribution < -0.4 is 5.73 Å². The third-order valence-electron chi connectivity index (χ3n) is 1.70. The summed E-state index contributed by atoms with van der Waals surface area (Å²) < 4.78 is 13.0. The molecule has 4 nitrogen and oxygen atoms in total. The Hall–Kier alpha value is -1.33. The lowest BCUT2D eigenvalue weighted by atomic mass is 10.1. The van der Waals surface area contributed by atoms with E-state index in [1.807, 2.05) is 0 Å². The second kappa shape index (κ2) is 3.81. The minimum Gasteiger partial charge on any atom is -0.505 e. The Kier molecular flexibility index (Phi) is 2.93. The van der Waals surface area contributed by atoms with E-state index in [0.29, 0.717) is 0 Å². The molecule has 14 heavy (non-hydrogen) atoms. The summed E-state index contributed by atoms with van der Waals surface area (Å²) in [6.07, 6.45) is 0. The highest BCUT2D eigenvalue weighted by molar-refractivity contribution is 6.30. The van der Waals surface area contributed by atoms with Crippen LogP contribution in [0.5, 0.6) is 5.75 Å². The van der Waals surface area contributed by atoms with Crippen LogP contribution in [0.1, 0.15) is 11.6 Å². The maximum absolute atomic E-state index is 13.0. The molecule has 0 unspecified atom stereocenters. The van der Waals surface area contributed by atoms with Crippen molar-refractivity contribution in [2.75, 3.05) is 0 Å². The summed E-state index contributed by atoms with van der Waals surface area (Å²) in [6.45, 7) is 0. The molecule has 1 aromatic carbocycles. The summed E-state index contributed by atoms with van der Waals surface area (Å²) >= 11 is 5.35. The third-order valence-corrected chi connectivity index (χ3v) is 1.99. The Morgan fingerprint density at radius 1 is 1.57 bits per heavy atom. The van der Waals surface area contributed by atoms with E-state index < -0.39 is 23.6 Å². The average Bonchev–Trinajstić information content (AvgIpc) is 2.13. The molecule has 1 aromatic rings. The van der Waals surface area contributed by atoms with Gasteiger partial charge in [0.1, 0.15) is 6.04 Å². The number of carboxylic acids is 1. The molecule has 0 spiro atoms. The molecule has 0 fully saturated rings. The lowest BCUT2D eigenvalue weighted by Gasteiger charge is -2.09. The standard InChI is InChI=1S/C8H7ClFNO3/c9-4-2-1-3(6(11)8(13)14)7(12)5(4)10/h1-2,6,12H,11H2,(H,13,14)/t6-/m1/s1. The molecule has 0 aliphatic carbocycles. The fourth-order valence-electron chi connectivity index (χ4n) is 0.939. The van der Waals surface area contributed by atoms with Gasteiger partial charge in [-0.2, -0.15) is 0 Å².